The fourth-order valence-corrected chi connectivity index (χ4v) is 4.10. The van der Waals surface area contributed by atoms with Crippen molar-refractivity contribution in [3.63, 3.8) is 0 Å². The highest BCUT2D eigenvalue weighted by Crippen LogP contribution is 2.33. The molecule has 31 heavy (non-hydrogen) atoms. The van der Waals surface area contributed by atoms with Gasteiger partial charge in [0.2, 0.25) is 5.91 Å². The molecule has 156 valence electrons. The number of hydrogen-bond donors (Lipinski definition) is 3. The van der Waals surface area contributed by atoms with Crippen molar-refractivity contribution >= 4 is 22.7 Å². The van der Waals surface area contributed by atoms with Crippen LogP contribution in [0.25, 0.3) is 10.9 Å². The maximum atomic E-state index is 13.1. The van der Waals surface area contributed by atoms with Crippen LogP contribution < -0.4 is 5.32 Å². The number of hydrogen-bond acceptors (Lipinski definition) is 4. The van der Waals surface area contributed by atoms with Crippen molar-refractivity contribution in [2.24, 2.45) is 0 Å². The lowest BCUT2D eigenvalue weighted by molar-refractivity contribution is -0.125. The molecule has 0 atom stereocenters. The molecule has 1 fully saturated rings. The normalized spacial score (nSPS) is 14.9. The van der Waals surface area contributed by atoms with Crippen molar-refractivity contribution < 1.29 is 9.59 Å². The number of aromatic nitrogens is 4. The predicted molar refractivity (Wildman–Crippen MR) is 115 cm³/mol. The Kier molecular flexibility index (Phi) is 4.74. The number of fused-ring (bicyclic) bond motifs is 1. The maximum Gasteiger partial charge on any atom is 0.254 e. The predicted octanol–water partition coefficient (Wildman–Crippen LogP) is 2.39. The first-order valence-electron chi connectivity index (χ1n) is 10.2. The van der Waals surface area contributed by atoms with Crippen LogP contribution in [0.15, 0.2) is 67.1 Å². The number of aryl methyl sites for hydroxylation is 1. The minimum absolute atomic E-state index is 0.0445. The summed E-state index contributed by atoms with van der Waals surface area (Å²) >= 11 is 0. The number of nitrogens with one attached hydrogen (secondary N) is 3. The standard InChI is InChI=1S/C23H22N6O2/c30-21(9-6-16-11-24-25-12-16)27-23(19-4-2-1-3-5-19)14-29(15-23)22(31)17-7-8-20-18(10-17)13-26-28-20/h1-5,7-8,10-13H,6,9,14-15H2,(H,24,25)(H,26,28)(H,27,30). The molecule has 4 aromatic rings. The lowest BCUT2D eigenvalue weighted by atomic mass is 9.81. The molecular formula is C23H22N6O2. The lowest BCUT2D eigenvalue weighted by Crippen LogP contribution is -2.69. The van der Waals surface area contributed by atoms with Gasteiger partial charge in [-0.3, -0.25) is 19.8 Å². The molecule has 0 saturated carbocycles. The molecule has 0 bridgehead atoms. The summed E-state index contributed by atoms with van der Waals surface area (Å²) in [6.07, 6.45) is 6.19. The summed E-state index contributed by atoms with van der Waals surface area (Å²) < 4.78 is 0. The quantitative estimate of drug-likeness (QED) is 0.450. The van der Waals surface area contributed by atoms with Crippen molar-refractivity contribution in [1.82, 2.24) is 30.6 Å². The van der Waals surface area contributed by atoms with E-state index in [9.17, 15) is 9.59 Å². The first kappa shape index (κ1) is 19.0. The lowest BCUT2D eigenvalue weighted by Gasteiger charge is -2.50. The van der Waals surface area contributed by atoms with E-state index in [1.807, 2.05) is 42.5 Å². The second kappa shape index (κ2) is 7.71. The second-order valence-corrected chi connectivity index (χ2v) is 7.94. The molecule has 8 heteroatoms. The number of carbonyl (C=O) groups excluding carboxylic acids is 2. The summed E-state index contributed by atoms with van der Waals surface area (Å²) in [6, 6.07) is 15.3. The van der Waals surface area contributed by atoms with Gasteiger partial charge in [-0.05, 0) is 35.7 Å². The average molecular weight is 414 g/mol. The Labute approximate surface area is 178 Å². The van der Waals surface area contributed by atoms with Gasteiger partial charge in [0.05, 0.1) is 31.0 Å². The van der Waals surface area contributed by atoms with Gasteiger partial charge >= 0.3 is 0 Å². The molecule has 8 nitrogen and oxygen atoms in total. The molecule has 0 spiro atoms. The molecule has 1 saturated heterocycles. The van der Waals surface area contributed by atoms with Gasteiger partial charge in [-0.2, -0.15) is 10.2 Å². The summed E-state index contributed by atoms with van der Waals surface area (Å²) in [7, 11) is 0. The van der Waals surface area contributed by atoms with Crippen molar-refractivity contribution in [2.75, 3.05) is 13.1 Å². The van der Waals surface area contributed by atoms with Crippen LogP contribution in [-0.4, -0.2) is 50.2 Å². The van der Waals surface area contributed by atoms with Crippen LogP contribution >= 0.6 is 0 Å². The third kappa shape index (κ3) is 3.68. The largest absolute Gasteiger partial charge is 0.343 e. The van der Waals surface area contributed by atoms with Crippen LogP contribution in [0, 0.1) is 0 Å². The number of benzene rings is 2. The number of H-pyrrole nitrogens is 2. The van der Waals surface area contributed by atoms with E-state index in [2.05, 4.69) is 25.7 Å². The van der Waals surface area contributed by atoms with E-state index in [-0.39, 0.29) is 11.8 Å². The van der Waals surface area contributed by atoms with E-state index in [0.717, 1.165) is 22.0 Å². The van der Waals surface area contributed by atoms with Crippen LogP contribution in [0.5, 0.6) is 0 Å². The van der Waals surface area contributed by atoms with E-state index >= 15 is 0 Å². The number of aromatic amines is 2. The van der Waals surface area contributed by atoms with E-state index < -0.39 is 5.54 Å². The number of rotatable bonds is 6. The zero-order valence-corrected chi connectivity index (χ0v) is 16.8. The van der Waals surface area contributed by atoms with Gasteiger partial charge in [0, 0.05) is 23.6 Å². The molecule has 2 aromatic heterocycles. The van der Waals surface area contributed by atoms with Crippen LogP contribution in [0.1, 0.15) is 27.9 Å². The van der Waals surface area contributed by atoms with E-state index in [0.29, 0.717) is 31.5 Å². The van der Waals surface area contributed by atoms with E-state index in [4.69, 9.17) is 0 Å². The third-order valence-electron chi connectivity index (χ3n) is 5.80. The van der Waals surface area contributed by atoms with Gasteiger partial charge < -0.3 is 10.2 Å². The molecule has 5 rings (SSSR count). The van der Waals surface area contributed by atoms with Gasteiger partial charge in [-0.1, -0.05) is 30.3 Å². The first-order chi connectivity index (χ1) is 15.1. The van der Waals surface area contributed by atoms with Crippen LogP contribution in [0.4, 0.5) is 0 Å². The Morgan fingerprint density at radius 1 is 1.06 bits per heavy atom. The maximum absolute atomic E-state index is 13.1. The Hall–Kier alpha value is -3.94. The molecule has 3 heterocycles. The topological polar surface area (TPSA) is 107 Å². The van der Waals surface area contributed by atoms with Crippen LogP contribution in [0.2, 0.25) is 0 Å². The second-order valence-electron chi connectivity index (χ2n) is 7.94. The summed E-state index contributed by atoms with van der Waals surface area (Å²) in [4.78, 5) is 27.5. The summed E-state index contributed by atoms with van der Waals surface area (Å²) in [5, 5.41) is 17.7. The van der Waals surface area contributed by atoms with Gasteiger partial charge in [0.15, 0.2) is 0 Å². The zero-order chi connectivity index (χ0) is 21.3. The summed E-state index contributed by atoms with van der Waals surface area (Å²) in [6.45, 7) is 0.855. The van der Waals surface area contributed by atoms with Gasteiger partial charge in [0.1, 0.15) is 5.54 Å². The molecule has 0 aliphatic carbocycles. The SMILES string of the molecule is O=C(CCc1cn[nH]c1)NC1(c2ccccc2)CN(C(=O)c2ccc3[nH]ncc3c2)C1. The minimum atomic E-state index is -0.579. The van der Waals surface area contributed by atoms with E-state index in [1.165, 1.54) is 0 Å². The zero-order valence-electron chi connectivity index (χ0n) is 16.8. The monoisotopic (exact) mass is 414 g/mol. The number of nitrogens with zero attached hydrogens (tertiary/aromatic N) is 3. The Morgan fingerprint density at radius 3 is 2.68 bits per heavy atom. The molecule has 0 unspecified atom stereocenters. The molecular weight excluding hydrogens is 392 g/mol. The summed E-state index contributed by atoms with van der Waals surface area (Å²) in [5.41, 5.74) is 2.92. The minimum Gasteiger partial charge on any atom is -0.343 e. The highest BCUT2D eigenvalue weighted by Gasteiger charge is 2.47. The van der Waals surface area contributed by atoms with Crippen molar-refractivity contribution in [1.29, 1.82) is 0 Å². The van der Waals surface area contributed by atoms with Crippen molar-refractivity contribution in [3.8, 4) is 0 Å². The Morgan fingerprint density at radius 2 is 1.90 bits per heavy atom. The fraction of sp³-hybridized carbons (Fsp3) is 0.217. The van der Waals surface area contributed by atoms with E-state index in [1.54, 1.807) is 29.6 Å². The third-order valence-corrected chi connectivity index (χ3v) is 5.80. The molecule has 2 aromatic carbocycles. The molecule has 1 aliphatic rings. The van der Waals surface area contributed by atoms with Crippen molar-refractivity contribution in [3.05, 3.63) is 83.8 Å². The van der Waals surface area contributed by atoms with Crippen molar-refractivity contribution in [2.45, 2.75) is 18.4 Å². The van der Waals surface area contributed by atoms with Gasteiger partial charge in [-0.25, -0.2) is 0 Å². The number of amides is 2. The summed E-state index contributed by atoms with van der Waals surface area (Å²) in [5.74, 6) is -0.0979. The fourth-order valence-electron chi connectivity index (χ4n) is 4.10. The molecule has 0 radical (unpaired) electrons. The highest BCUT2D eigenvalue weighted by molar-refractivity contribution is 5.98. The van der Waals surface area contributed by atoms with Crippen LogP contribution in [0.3, 0.4) is 0 Å². The molecule has 1 aliphatic heterocycles. The molecule has 3 N–H and O–H groups in total. The number of likely N-dealkylation sites (tertiary alicyclic amines) is 1. The Bertz CT molecular complexity index is 1210. The van der Waals surface area contributed by atoms with Crippen LogP contribution in [-0.2, 0) is 16.8 Å². The number of carbonyl (C=O) groups is 2. The average Bonchev–Trinajstić information content (AvgIpc) is 3.46. The smallest absolute Gasteiger partial charge is 0.254 e. The molecule has 2 amide bonds. The Balaban J connectivity index is 1.31. The first-order valence-corrected chi connectivity index (χ1v) is 10.2. The highest BCUT2D eigenvalue weighted by atomic mass is 16.2. The van der Waals surface area contributed by atoms with Gasteiger partial charge in [-0.15, -0.1) is 0 Å². The van der Waals surface area contributed by atoms with Gasteiger partial charge in [0.25, 0.3) is 5.91 Å².